The van der Waals surface area contributed by atoms with Gasteiger partial charge in [-0.3, -0.25) is 9.59 Å². The number of amides is 2. The second kappa shape index (κ2) is 7.07. The molecule has 0 unspecified atom stereocenters. The minimum absolute atomic E-state index is 0.0851. The maximum Gasteiger partial charge on any atom is 0.255 e. The molecule has 0 aromatic heterocycles. The van der Waals surface area contributed by atoms with Crippen LogP contribution in [0.4, 0.5) is 11.4 Å². The molecule has 0 heterocycles. The zero-order valence-corrected chi connectivity index (χ0v) is 13.6. The fourth-order valence-electron chi connectivity index (χ4n) is 2.12. The third-order valence-electron chi connectivity index (χ3n) is 3.72. The van der Waals surface area contributed by atoms with Gasteiger partial charge in [0.2, 0.25) is 5.91 Å². The van der Waals surface area contributed by atoms with E-state index < -0.39 is 0 Å². The van der Waals surface area contributed by atoms with Crippen molar-refractivity contribution in [3.8, 4) is 0 Å². The van der Waals surface area contributed by atoms with Gasteiger partial charge in [-0.2, -0.15) is 0 Å². The minimum Gasteiger partial charge on any atom is -0.325 e. The molecule has 0 aliphatic rings. The minimum atomic E-state index is -0.278. The number of aryl methyl sites for hydroxylation is 3. The molecule has 2 rings (SSSR count). The van der Waals surface area contributed by atoms with Crippen LogP contribution in [0.3, 0.4) is 0 Å². The van der Waals surface area contributed by atoms with Gasteiger partial charge in [0.1, 0.15) is 0 Å². The normalized spacial score (nSPS) is 10.3. The fourth-order valence-corrected chi connectivity index (χ4v) is 2.12. The summed E-state index contributed by atoms with van der Waals surface area (Å²) in [5.41, 5.74) is 10.3. The van der Waals surface area contributed by atoms with Crippen molar-refractivity contribution in [1.29, 1.82) is 0 Å². The maximum absolute atomic E-state index is 12.4. The Kier molecular flexibility index (Phi) is 5.13. The molecule has 0 atom stereocenters. The summed E-state index contributed by atoms with van der Waals surface area (Å²) in [6.45, 7) is 5.79. The number of hydrogen-bond acceptors (Lipinski definition) is 3. The van der Waals surface area contributed by atoms with Crippen molar-refractivity contribution in [2.45, 2.75) is 20.8 Å². The lowest BCUT2D eigenvalue weighted by atomic mass is 10.1. The van der Waals surface area contributed by atoms with E-state index in [4.69, 9.17) is 5.73 Å². The molecule has 0 fully saturated rings. The van der Waals surface area contributed by atoms with Gasteiger partial charge in [-0.05, 0) is 61.7 Å². The van der Waals surface area contributed by atoms with Crippen molar-refractivity contribution in [2.75, 3.05) is 17.2 Å². The molecule has 0 spiro atoms. The molecule has 5 heteroatoms. The van der Waals surface area contributed by atoms with Crippen LogP contribution in [0.1, 0.15) is 27.0 Å². The summed E-state index contributed by atoms with van der Waals surface area (Å²) < 4.78 is 0. The van der Waals surface area contributed by atoms with E-state index in [-0.39, 0.29) is 18.4 Å². The van der Waals surface area contributed by atoms with Crippen LogP contribution >= 0.6 is 0 Å². The number of benzene rings is 2. The van der Waals surface area contributed by atoms with E-state index in [0.29, 0.717) is 16.9 Å². The van der Waals surface area contributed by atoms with E-state index in [0.717, 1.165) is 16.7 Å². The van der Waals surface area contributed by atoms with Gasteiger partial charge >= 0.3 is 0 Å². The Morgan fingerprint density at radius 2 is 1.61 bits per heavy atom. The first-order valence-corrected chi connectivity index (χ1v) is 7.40. The van der Waals surface area contributed by atoms with Crippen LogP contribution in [-0.2, 0) is 4.79 Å². The summed E-state index contributed by atoms with van der Waals surface area (Å²) in [5.74, 6) is -0.459. The Balaban J connectivity index is 2.21. The number of carbonyl (C=O) groups is 2. The lowest BCUT2D eigenvalue weighted by Gasteiger charge is -2.12. The molecular weight excluding hydrogens is 290 g/mol. The van der Waals surface area contributed by atoms with Crippen molar-refractivity contribution >= 4 is 23.2 Å². The highest BCUT2D eigenvalue weighted by atomic mass is 16.2. The Morgan fingerprint density at radius 3 is 2.26 bits per heavy atom. The molecule has 120 valence electrons. The van der Waals surface area contributed by atoms with E-state index in [1.165, 1.54) is 0 Å². The summed E-state index contributed by atoms with van der Waals surface area (Å²) in [6, 6.07) is 10.9. The monoisotopic (exact) mass is 311 g/mol. The predicted molar refractivity (Wildman–Crippen MR) is 92.7 cm³/mol. The first-order chi connectivity index (χ1) is 10.9. The Morgan fingerprint density at radius 1 is 0.913 bits per heavy atom. The molecule has 4 N–H and O–H groups in total. The quantitative estimate of drug-likeness (QED) is 0.811. The van der Waals surface area contributed by atoms with Crippen molar-refractivity contribution in [2.24, 2.45) is 5.73 Å². The van der Waals surface area contributed by atoms with Crippen molar-refractivity contribution in [1.82, 2.24) is 0 Å². The van der Waals surface area contributed by atoms with E-state index in [1.807, 2.05) is 39.0 Å². The SMILES string of the molecule is Cc1ccc(C(=O)Nc2cc(NC(=O)CN)ccc2C)cc1C. The number of hydrogen-bond donors (Lipinski definition) is 3. The Bertz CT molecular complexity index is 754. The van der Waals surface area contributed by atoms with Gasteiger partial charge in [0.25, 0.3) is 5.91 Å². The number of nitrogens with two attached hydrogens (primary N) is 1. The van der Waals surface area contributed by atoms with Crippen LogP contribution in [0.25, 0.3) is 0 Å². The van der Waals surface area contributed by atoms with Gasteiger partial charge < -0.3 is 16.4 Å². The van der Waals surface area contributed by atoms with Gasteiger partial charge in [-0.15, -0.1) is 0 Å². The molecule has 0 bridgehead atoms. The topological polar surface area (TPSA) is 84.2 Å². The first kappa shape index (κ1) is 16.7. The molecule has 2 aromatic rings. The molecule has 2 aromatic carbocycles. The molecule has 0 aliphatic carbocycles. The van der Waals surface area contributed by atoms with Crippen LogP contribution in [0.2, 0.25) is 0 Å². The lowest BCUT2D eigenvalue weighted by molar-refractivity contribution is -0.114. The van der Waals surface area contributed by atoms with E-state index >= 15 is 0 Å². The summed E-state index contributed by atoms with van der Waals surface area (Å²) in [5, 5.41) is 5.56. The van der Waals surface area contributed by atoms with Crippen LogP contribution in [0, 0.1) is 20.8 Å². The standard InChI is InChI=1S/C18H21N3O2/c1-11-4-6-14(8-13(11)3)18(23)21-16-9-15(7-5-12(16)2)20-17(22)10-19/h4-9H,10,19H2,1-3H3,(H,20,22)(H,21,23). The highest BCUT2D eigenvalue weighted by Crippen LogP contribution is 2.21. The van der Waals surface area contributed by atoms with E-state index in [1.54, 1.807) is 18.2 Å². The average molecular weight is 311 g/mol. The molecule has 23 heavy (non-hydrogen) atoms. The van der Waals surface area contributed by atoms with Crippen molar-refractivity contribution in [3.05, 3.63) is 58.7 Å². The third-order valence-corrected chi connectivity index (χ3v) is 3.72. The fraction of sp³-hybridized carbons (Fsp3) is 0.222. The van der Waals surface area contributed by atoms with Crippen LogP contribution in [0.5, 0.6) is 0 Å². The van der Waals surface area contributed by atoms with Crippen LogP contribution in [-0.4, -0.2) is 18.4 Å². The molecule has 0 radical (unpaired) electrons. The second-order valence-corrected chi connectivity index (χ2v) is 5.54. The molecular formula is C18H21N3O2. The summed E-state index contributed by atoms with van der Waals surface area (Å²) in [4.78, 5) is 23.8. The number of carbonyl (C=O) groups excluding carboxylic acids is 2. The van der Waals surface area contributed by atoms with Gasteiger partial charge in [0, 0.05) is 16.9 Å². The average Bonchev–Trinajstić information content (AvgIpc) is 2.53. The molecule has 0 saturated carbocycles. The predicted octanol–water partition coefficient (Wildman–Crippen LogP) is 2.76. The Labute approximate surface area is 135 Å². The second-order valence-electron chi connectivity index (χ2n) is 5.54. The zero-order chi connectivity index (χ0) is 17.0. The smallest absolute Gasteiger partial charge is 0.255 e. The largest absolute Gasteiger partial charge is 0.325 e. The molecule has 0 aliphatic heterocycles. The lowest BCUT2D eigenvalue weighted by Crippen LogP contribution is -2.22. The number of rotatable bonds is 4. The molecule has 2 amide bonds. The van der Waals surface area contributed by atoms with Gasteiger partial charge in [-0.25, -0.2) is 0 Å². The number of anilines is 2. The Hall–Kier alpha value is -2.66. The zero-order valence-electron chi connectivity index (χ0n) is 13.6. The summed E-state index contributed by atoms with van der Waals surface area (Å²) >= 11 is 0. The number of nitrogens with one attached hydrogen (secondary N) is 2. The van der Waals surface area contributed by atoms with E-state index in [9.17, 15) is 9.59 Å². The van der Waals surface area contributed by atoms with Crippen molar-refractivity contribution < 1.29 is 9.59 Å². The van der Waals surface area contributed by atoms with Gasteiger partial charge in [0.15, 0.2) is 0 Å². The maximum atomic E-state index is 12.4. The first-order valence-electron chi connectivity index (χ1n) is 7.40. The highest BCUT2D eigenvalue weighted by molar-refractivity contribution is 6.05. The van der Waals surface area contributed by atoms with E-state index in [2.05, 4.69) is 10.6 Å². The highest BCUT2D eigenvalue weighted by Gasteiger charge is 2.10. The summed E-state index contributed by atoms with van der Waals surface area (Å²) in [7, 11) is 0. The van der Waals surface area contributed by atoms with Crippen LogP contribution in [0.15, 0.2) is 36.4 Å². The van der Waals surface area contributed by atoms with Crippen molar-refractivity contribution in [3.63, 3.8) is 0 Å². The van der Waals surface area contributed by atoms with Gasteiger partial charge in [-0.1, -0.05) is 12.1 Å². The van der Waals surface area contributed by atoms with Gasteiger partial charge in [0.05, 0.1) is 6.54 Å². The third kappa shape index (κ3) is 4.17. The molecule has 0 saturated heterocycles. The van der Waals surface area contributed by atoms with Crippen LogP contribution < -0.4 is 16.4 Å². The molecule has 5 nitrogen and oxygen atoms in total. The summed E-state index contributed by atoms with van der Waals surface area (Å²) in [6.07, 6.45) is 0.